The van der Waals surface area contributed by atoms with Crippen LogP contribution in [0.4, 0.5) is 5.69 Å². The lowest BCUT2D eigenvalue weighted by atomic mass is 10.2. The van der Waals surface area contributed by atoms with Crippen LogP contribution in [0.25, 0.3) is 0 Å². The summed E-state index contributed by atoms with van der Waals surface area (Å²) in [6.45, 7) is 2.63. The van der Waals surface area contributed by atoms with Crippen LogP contribution in [0.15, 0.2) is 53.0 Å². The lowest BCUT2D eigenvalue weighted by molar-refractivity contribution is 0.102. The van der Waals surface area contributed by atoms with Crippen molar-refractivity contribution in [2.45, 2.75) is 13.3 Å². The average molecular weight is 334 g/mol. The van der Waals surface area contributed by atoms with Gasteiger partial charge in [-0.2, -0.15) is 0 Å². The number of halogens is 1. The molecule has 104 valence electrons. The van der Waals surface area contributed by atoms with Crippen molar-refractivity contribution < 1.29 is 9.53 Å². The van der Waals surface area contributed by atoms with E-state index in [1.165, 1.54) is 0 Å². The molecule has 0 saturated carbocycles. The number of rotatable bonds is 5. The van der Waals surface area contributed by atoms with Crippen LogP contribution < -0.4 is 10.1 Å². The number of amides is 1. The van der Waals surface area contributed by atoms with Crippen molar-refractivity contribution in [1.29, 1.82) is 0 Å². The molecule has 0 bridgehead atoms. The number of hydrogen-bond donors (Lipinski definition) is 1. The second kappa shape index (κ2) is 7.10. The zero-order valence-corrected chi connectivity index (χ0v) is 12.8. The van der Waals surface area contributed by atoms with Crippen molar-refractivity contribution in [3.05, 3.63) is 58.6 Å². The second-order valence-corrected chi connectivity index (χ2v) is 5.13. The molecule has 0 fully saturated rings. The molecule has 0 heterocycles. The number of anilines is 1. The summed E-state index contributed by atoms with van der Waals surface area (Å²) < 4.78 is 6.45. The van der Waals surface area contributed by atoms with Gasteiger partial charge in [0.15, 0.2) is 0 Å². The molecule has 0 aromatic heterocycles. The summed E-state index contributed by atoms with van der Waals surface area (Å²) in [6.07, 6.45) is 0.903. The largest absolute Gasteiger partial charge is 0.493 e. The van der Waals surface area contributed by atoms with Gasteiger partial charge in [-0.15, -0.1) is 0 Å². The van der Waals surface area contributed by atoms with Crippen molar-refractivity contribution in [1.82, 2.24) is 0 Å². The molecule has 0 spiro atoms. The van der Waals surface area contributed by atoms with Crippen molar-refractivity contribution in [3.63, 3.8) is 0 Å². The molecule has 2 aromatic rings. The third-order valence-corrected chi connectivity index (χ3v) is 3.41. The molecular formula is C16H16BrNO2. The second-order valence-electron chi connectivity index (χ2n) is 4.28. The van der Waals surface area contributed by atoms with Gasteiger partial charge in [0.1, 0.15) is 5.75 Å². The molecule has 2 rings (SSSR count). The Morgan fingerprint density at radius 3 is 2.60 bits per heavy atom. The number of nitrogens with one attached hydrogen (secondary N) is 1. The van der Waals surface area contributed by atoms with E-state index in [4.69, 9.17) is 4.74 Å². The maximum absolute atomic E-state index is 12.3. The molecule has 20 heavy (non-hydrogen) atoms. The Bertz CT molecular complexity index is 599. The van der Waals surface area contributed by atoms with E-state index in [0.29, 0.717) is 17.9 Å². The quantitative estimate of drug-likeness (QED) is 0.875. The molecule has 0 aliphatic carbocycles. The number of carbonyl (C=O) groups is 1. The average Bonchev–Trinajstić information content (AvgIpc) is 2.47. The number of hydrogen-bond acceptors (Lipinski definition) is 2. The Hall–Kier alpha value is -1.81. The predicted octanol–water partition coefficient (Wildman–Crippen LogP) is 4.49. The highest BCUT2D eigenvalue weighted by atomic mass is 79.9. The first-order valence-corrected chi connectivity index (χ1v) is 7.29. The lowest BCUT2D eigenvalue weighted by Gasteiger charge is -2.11. The smallest absolute Gasteiger partial charge is 0.259 e. The topological polar surface area (TPSA) is 38.3 Å². The van der Waals surface area contributed by atoms with Gasteiger partial charge < -0.3 is 10.1 Å². The molecule has 1 N–H and O–H groups in total. The molecule has 4 heteroatoms. The molecule has 0 aliphatic rings. The summed E-state index contributed by atoms with van der Waals surface area (Å²) in [4.78, 5) is 12.3. The van der Waals surface area contributed by atoms with Crippen LogP contribution in [0.1, 0.15) is 23.7 Å². The fourth-order valence-corrected chi connectivity index (χ4v) is 2.13. The van der Waals surface area contributed by atoms with Crippen LogP contribution in [0.3, 0.4) is 0 Å². The van der Waals surface area contributed by atoms with Crippen LogP contribution in [-0.2, 0) is 0 Å². The van der Waals surface area contributed by atoms with Gasteiger partial charge in [0.2, 0.25) is 0 Å². The SMILES string of the molecule is CCCOc1ccccc1C(=O)Nc1ccccc1Br. The minimum absolute atomic E-state index is 0.177. The zero-order chi connectivity index (χ0) is 14.4. The van der Waals surface area contributed by atoms with E-state index in [2.05, 4.69) is 21.2 Å². The summed E-state index contributed by atoms with van der Waals surface area (Å²) in [5.74, 6) is 0.433. The third-order valence-electron chi connectivity index (χ3n) is 2.72. The number of benzene rings is 2. The molecule has 3 nitrogen and oxygen atoms in total. The molecule has 0 aliphatic heterocycles. The Labute approximate surface area is 127 Å². The van der Waals surface area contributed by atoms with Crippen molar-refractivity contribution in [3.8, 4) is 5.75 Å². The summed E-state index contributed by atoms with van der Waals surface area (Å²) in [5, 5.41) is 2.88. The highest BCUT2D eigenvalue weighted by Gasteiger charge is 2.13. The van der Waals surface area contributed by atoms with Gasteiger partial charge in [-0.3, -0.25) is 4.79 Å². The van der Waals surface area contributed by atoms with Crippen molar-refractivity contribution >= 4 is 27.5 Å². The standard InChI is InChI=1S/C16H16BrNO2/c1-2-11-20-15-10-6-3-7-12(15)16(19)18-14-9-5-4-8-13(14)17/h3-10H,2,11H2,1H3,(H,18,19). The van der Waals surface area contributed by atoms with Crippen LogP contribution in [0, 0.1) is 0 Å². The van der Waals surface area contributed by atoms with Gasteiger partial charge in [0, 0.05) is 4.47 Å². The predicted molar refractivity (Wildman–Crippen MR) is 84.3 cm³/mol. The van der Waals surface area contributed by atoms with Gasteiger partial charge in [0.25, 0.3) is 5.91 Å². The summed E-state index contributed by atoms with van der Waals surface area (Å²) in [5.41, 5.74) is 1.28. The van der Waals surface area contributed by atoms with Crippen LogP contribution in [0.5, 0.6) is 5.75 Å². The molecule has 0 atom stereocenters. The van der Waals surface area contributed by atoms with Gasteiger partial charge in [-0.05, 0) is 46.6 Å². The highest BCUT2D eigenvalue weighted by Crippen LogP contribution is 2.24. The van der Waals surface area contributed by atoms with Gasteiger partial charge in [-0.1, -0.05) is 31.2 Å². The third kappa shape index (κ3) is 3.61. The number of carbonyl (C=O) groups excluding carboxylic acids is 1. The maximum Gasteiger partial charge on any atom is 0.259 e. The molecular weight excluding hydrogens is 318 g/mol. The first-order valence-electron chi connectivity index (χ1n) is 6.50. The van der Waals surface area contributed by atoms with E-state index in [1.807, 2.05) is 49.4 Å². The summed E-state index contributed by atoms with van der Waals surface area (Å²) in [6, 6.07) is 14.8. The minimum atomic E-state index is -0.177. The van der Waals surface area contributed by atoms with Gasteiger partial charge in [0.05, 0.1) is 17.9 Å². The van der Waals surface area contributed by atoms with Crippen LogP contribution >= 0.6 is 15.9 Å². The molecule has 2 aromatic carbocycles. The molecule has 0 radical (unpaired) electrons. The number of para-hydroxylation sites is 2. The van der Waals surface area contributed by atoms with Gasteiger partial charge in [-0.25, -0.2) is 0 Å². The first-order chi connectivity index (χ1) is 9.72. The zero-order valence-electron chi connectivity index (χ0n) is 11.2. The maximum atomic E-state index is 12.3. The Kier molecular flexibility index (Phi) is 5.18. The van der Waals surface area contributed by atoms with E-state index in [0.717, 1.165) is 16.6 Å². The first kappa shape index (κ1) is 14.6. The Morgan fingerprint density at radius 2 is 1.85 bits per heavy atom. The lowest BCUT2D eigenvalue weighted by Crippen LogP contribution is -2.14. The normalized spacial score (nSPS) is 10.1. The molecule has 1 amide bonds. The summed E-state index contributed by atoms with van der Waals surface area (Å²) in [7, 11) is 0. The van der Waals surface area contributed by atoms with Crippen molar-refractivity contribution in [2.24, 2.45) is 0 Å². The minimum Gasteiger partial charge on any atom is -0.493 e. The van der Waals surface area contributed by atoms with Crippen molar-refractivity contribution in [2.75, 3.05) is 11.9 Å². The fourth-order valence-electron chi connectivity index (χ4n) is 1.74. The van der Waals surface area contributed by atoms with E-state index < -0.39 is 0 Å². The molecule has 0 unspecified atom stereocenters. The Morgan fingerprint density at radius 1 is 1.15 bits per heavy atom. The Balaban J connectivity index is 2.19. The summed E-state index contributed by atoms with van der Waals surface area (Å²) >= 11 is 3.41. The molecule has 0 saturated heterocycles. The van der Waals surface area contributed by atoms with Gasteiger partial charge >= 0.3 is 0 Å². The van der Waals surface area contributed by atoms with E-state index in [9.17, 15) is 4.79 Å². The number of ether oxygens (including phenoxy) is 1. The monoisotopic (exact) mass is 333 g/mol. The van der Waals surface area contributed by atoms with E-state index in [-0.39, 0.29) is 5.91 Å². The fraction of sp³-hybridized carbons (Fsp3) is 0.188. The van der Waals surface area contributed by atoms with Crippen LogP contribution in [0.2, 0.25) is 0 Å². The van der Waals surface area contributed by atoms with E-state index in [1.54, 1.807) is 6.07 Å². The van der Waals surface area contributed by atoms with E-state index >= 15 is 0 Å². The highest BCUT2D eigenvalue weighted by molar-refractivity contribution is 9.10. The van der Waals surface area contributed by atoms with Crippen LogP contribution in [-0.4, -0.2) is 12.5 Å².